The van der Waals surface area contributed by atoms with Gasteiger partial charge < -0.3 is 28.6 Å². The standard InChI is InChI=1S/C25H29NO11S/c1-13(27)33-12-19(34-14(2)28)20(35-15(3)29)21(36-16(4)30)22(37-17(5)31)25-26(6)24(32)23(38-25)18-10-8-7-9-11-18/h7-11,19-22H,12H2,1-6H3/t19-,20-,21+,22-/m1/s1. The summed E-state index contributed by atoms with van der Waals surface area (Å²) in [5.41, 5.74) is 0.596. The first kappa shape index (κ1) is 30.2. The quantitative estimate of drug-likeness (QED) is 0.218. The smallest absolute Gasteiger partial charge is 0.303 e. The number of carbonyl (C=O) groups is 6. The van der Waals surface area contributed by atoms with Gasteiger partial charge in [-0.15, -0.1) is 10.9 Å². The van der Waals surface area contributed by atoms with Gasteiger partial charge in [0.2, 0.25) is 0 Å². The molecule has 1 aromatic carbocycles. The lowest BCUT2D eigenvalue weighted by Gasteiger charge is -2.36. The highest BCUT2D eigenvalue weighted by molar-refractivity contribution is 8.00. The number of nitrogens with zero attached hydrogens (tertiary/aromatic N) is 1. The molecule has 0 aliphatic carbocycles. The number of benzene rings is 1. The van der Waals surface area contributed by atoms with Crippen LogP contribution in [0.3, 0.4) is 0 Å². The van der Waals surface area contributed by atoms with Crippen LogP contribution in [0, 0.1) is 0 Å². The highest BCUT2D eigenvalue weighted by atomic mass is 32.1. The molecule has 1 aliphatic rings. The van der Waals surface area contributed by atoms with Crippen LogP contribution in [-0.4, -0.2) is 88.6 Å². The molecule has 0 unspecified atom stereocenters. The van der Waals surface area contributed by atoms with Crippen LogP contribution >= 0.6 is 10.9 Å². The van der Waals surface area contributed by atoms with Crippen molar-refractivity contribution in [3.8, 4) is 0 Å². The van der Waals surface area contributed by atoms with Crippen molar-refractivity contribution in [1.29, 1.82) is 0 Å². The average molecular weight is 552 g/mol. The third-order valence-electron chi connectivity index (χ3n) is 4.97. The van der Waals surface area contributed by atoms with Crippen molar-refractivity contribution < 1.29 is 52.5 Å². The number of ether oxygens (including phenoxy) is 5. The summed E-state index contributed by atoms with van der Waals surface area (Å²) in [6.07, 6.45) is -6.18. The topological polar surface area (TPSA) is 152 Å². The van der Waals surface area contributed by atoms with Crippen LogP contribution in [0.15, 0.2) is 30.3 Å². The van der Waals surface area contributed by atoms with Crippen molar-refractivity contribution >= 4 is 56.5 Å². The Balaban J connectivity index is 2.74. The molecule has 1 aromatic rings. The van der Waals surface area contributed by atoms with Crippen molar-refractivity contribution in [2.45, 2.75) is 59.0 Å². The normalized spacial score (nSPS) is 15.9. The van der Waals surface area contributed by atoms with Gasteiger partial charge in [-0.1, -0.05) is 30.3 Å². The van der Waals surface area contributed by atoms with Crippen LogP contribution in [-0.2, 0) is 52.5 Å². The molecule has 1 heterocycles. The van der Waals surface area contributed by atoms with Gasteiger partial charge in [0.05, 0.1) is 0 Å². The number of rotatable bonds is 11. The Bertz CT molecular complexity index is 1170. The Labute approximate surface area is 222 Å². The highest BCUT2D eigenvalue weighted by Crippen LogP contribution is 2.25. The van der Waals surface area contributed by atoms with E-state index in [2.05, 4.69) is 0 Å². The zero-order valence-electron chi connectivity index (χ0n) is 21.7. The minimum absolute atomic E-state index is 0.140. The average Bonchev–Trinajstić information content (AvgIpc) is 3.11. The second kappa shape index (κ2) is 13.5. The van der Waals surface area contributed by atoms with E-state index in [9.17, 15) is 28.8 Å². The SMILES string of the molecule is CC(=O)OC[C@@H](OC(C)=O)[C@@H](OC(C)=O)[C@H](OC(C)=O)[C@@H](OC(C)=O)C1=S=C(c2ccccc2)C(=O)N1C. The molecule has 4 atom stereocenters. The predicted octanol–water partition coefficient (Wildman–Crippen LogP) is 0.832. The summed E-state index contributed by atoms with van der Waals surface area (Å²) < 4.78 is 26.6. The largest absolute Gasteiger partial charge is 0.462 e. The van der Waals surface area contributed by atoms with Gasteiger partial charge in [0.25, 0.3) is 5.91 Å². The van der Waals surface area contributed by atoms with Gasteiger partial charge in [-0.3, -0.25) is 28.8 Å². The van der Waals surface area contributed by atoms with Crippen LogP contribution in [0.2, 0.25) is 0 Å². The van der Waals surface area contributed by atoms with Crippen LogP contribution < -0.4 is 0 Å². The fourth-order valence-corrected chi connectivity index (χ4v) is 4.78. The molecular weight excluding hydrogens is 522 g/mol. The number of amides is 1. The van der Waals surface area contributed by atoms with E-state index in [1.54, 1.807) is 30.3 Å². The van der Waals surface area contributed by atoms with Crippen molar-refractivity contribution in [3.63, 3.8) is 0 Å². The van der Waals surface area contributed by atoms with E-state index in [1.165, 1.54) is 11.9 Å². The first-order chi connectivity index (χ1) is 17.8. The lowest BCUT2D eigenvalue weighted by molar-refractivity contribution is -0.198. The van der Waals surface area contributed by atoms with E-state index >= 15 is 0 Å². The monoisotopic (exact) mass is 551 g/mol. The first-order valence-electron chi connectivity index (χ1n) is 11.4. The second-order valence-corrected chi connectivity index (χ2v) is 9.16. The molecule has 0 fully saturated rings. The number of hydrogen-bond donors (Lipinski definition) is 0. The van der Waals surface area contributed by atoms with Crippen LogP contribution in [0.4, 0.5) is 0 Å². The van der Waals surface area contributed by atoms with Crippen LogP contribution in [0.25, 0.3) is 0 Å². The van der Waals surface area contributed by atoms with Crippen LogP contribution in [0.1, 0.15) is 40.2 Å². The lowest BCUT2D eigenvalue weighted by atomic mass is 10.0. The number of esters is 5. The van der Waals surface area contributed by atoms with E-state index in [0.29, 0.717) is 10.4 Å². The zero-order chi connectivity index (χ0) is 28.6. The Morgan fingerprint density at radius 2 is 1.29 bits per heavy atom. The molecule has 0 saturated carbocycles. The fraction of sp³-hybridized carbons (Fsp3) is 0.440. The molecular formula is C25H29NO11S. The summed E-state index contributed by atoms with van der Waals surface area (Å²) in [6, 6.07) is 8.71. The summed E-state index contributed by atoms with van der Waals surface area (Å²) >= 11 is 0. The van der Waals surface area contributed by atoms with Gasteiger partial charge >= 0.3 is 29.8 Å². The van der Waals surface area contributed by atoms with Gasteiger partial charge in [-0.2, -0.15) is 0 Å². The summed E-state index contributed by atoms with van der Waals surface area (Å²) in [5.74, 6) is -4.49. The third kappa shape index (κ3) is 8.26. The Morgan fingerprint density at radius 3 is 1.79 bits per heavy atom. The van der Waals surface area contributed by atoms with Gasteiger partial charge in [-0.05, 0) is 5.56 Å². The Morgan fingerprint density at radius 1 is 0.763 bits per heavy atom. The van der Waals surface area contributed by atoms with E-state index in [-0.39, 0.29) is 4.99 Å². The molecule has 13 heteroatoms. The van der Waals surface area contributed by atoms with Crippen molar-refractivity contribution in [1.82, 2.24) is 4.90 Å². The minimum atomic E-state index is -1.62. The molecule has 0 aromatic heterocycles. The minimum Gasteiger partial charge on any atom is -0.462 e. The van der Waals surface area contributed by atoms with Crippen LogP contribution in [0.5, 0.6) is 0 Å². The van der Waals surface area contributed by atoms with Gasteiger partial charge in [0.1, 0.15) is 16.5 Å². The molecule has 12 nitrogen and oxygen atoms in total. The molecule has 38 heavy (non-hydrogen) atoms. The molecule has 0 bridgehead atoms. The maximum atomic E-state index is 13.1. The fourth-order valence-electron chi connectivity index (χ4n) is 3.57. The van der Waals surface area contributed by atoms with Gasteiger partial charge in [0.15, 0.2) is 24.4 Å². The van der Waals surface area contributed by atoms with Crippen molar-refractivity contribution in [3.05, 3.63) is 35.9 Å². The zero-order valence-corrected chi connectivity index (χ0v) is 22.6. The molecule has 1 aliphatic heterocycles. The second-order valence-electron chi connectivity index (χ2n) is 8.13. The molecule has 0 spiro atoms. The molecule has 206 valence electrons. The van der Waals surface area contributed by atoms with E-state index < -0.39 is 66.8 Å². The maximum absolute atomic E-state index is 13.1. The van der Waals surface area contributed by atoms with E-state index in [0.717, 1.165) is 45.6 Å². The van der Waals surface area contributed by atoms with Crippen molar-refractivity contribution in [2.24, 2.45) is 0 Å². The highest BCUT2D eigenvalue weighted by Gasteiger charge is 2.48. The molecule has 2 rings (SSSR count). The Hall–Kier alpha value is -4.00. The van der Waals surface area contributed by atoms with E-state index in [1.807, 2.05) is 0 Å². The summed E-state index contributed by atoms with van der Waals surface area (Å²) in [4.78, 5) is 74.6. The molecule has 0 N–H and O–H groups in total. The molecule has 0 radical (unpaired) electrons. The van der Waals surface area contributed by atoms with Gasteiger partial charge in [0, 0.05) is 41.7 Å². The lowest BCUT2D eigenvalue weighted by Crippen LogP contribution is -2.57. The number of likely N-dealkylation sites (N-methyl/N-ethyl adjacent to an activating group) is 1. The Kier molecular flexibility index (Phi) is 10.8. The predicted molar refractivity (Wildman–Crippen MR) is 135 cm³/mol. The molecule has 0 saturated heterocycles. The maximum Gasteiger partial charge on any atom is 0.303 e. The summed E-state index contributed by atoms with van der Waals surface area (Å²) in [7, 11) is 2.41. The molecule has 1 amide bonds. The first-order valence-corrected chi connectivity index (χ1v) is 12.2. The number of carbonyl (C=O) groups excluding carboxylic acids is 6. The summed E-state index contributed by atoms with van der Waals surface area (Å²) in [6.45, 7) is 4.84. The number of hydrogen-bond acceptors (Lipinski definition) is 11. The third-order valence-corrected chi connectivity index (χ3v) is 6.30. The van der Waals surface area contributed by atoms with E-state index in [4.69, 9.17) is 23.7 Å². The summed E-state index contributed by atoms with van der Waals surface area (Å²) in [5, 5.41) is 0. The van der Waals surface area contributed by atoms with Gasteiger partial charge in [-0.25, -0.2) is 0 Å². The van der Waals surface area contributed by atoms with Crippen molar-refractivity contribution in [2.75, 3.05) is 13.7 Å².